The first-order chi connectivity index (χ1) is 17.8. The summed E-state index contributed by atoms with van der Waals surface area (Å²) in [7, 11) is 0. The Bertz CT molecular complexity index is 2120. The molecule has 1 aliphatic carbocycles. The van der Waals surface area contributed by atoms with Crippen LogP contribution in [0.15, 0.2) is 113 Å². The molecule has 4 heteroatoms. The van der Waals surface area contributed by atoms with E-state index in [2.05, 4.69) is 113 Å². The molecule has 36 heavy (non-hydrogen) atoms. The molecule has 0 saturated carbocycles. The van der Waals surface area contributed by atoms with E-state index >= 15 is 0 Å². The Labute approximate surface area is 205 Å². The molecule has 0 radical (unpaired) electrons. The first-order valence-electron chi connectivity index (χ1n) is 12.3. The lowest BCUT2D eigenvalue weighted by Gasteiger charge is -2.23. The molecule has 4 aromatic carbocycles. The molecule has 1 atom stereocenters. The van der Waals surface area contributed by atoms with Gasteiger partial charge in [0.05, 0.1) is 22.8 Å². The van der Waals surface area contributed by atoms with E-state index in [1.165, 1.54) is 32.8 Å². The number of rotatable bonds is 1. The van der Waals surface area contributed by atoms with Crippen LogP contribution in [0, 0.1) is 0 Å². The summed E-state index contributed by atoms with van der Waals surface area (Å²) in [6.45, 7) is 0. The van der Waals surface area contributed by atoms with Crippen molar-refractivity contribution in [2.45, 2.75) is 6.04 Å². The van der Waals surface area contributed by atoms with Crippen LogP contribution >= 0.6 is 0 Å². The van der Waals surface area contributed by atoms with Crippen LogP contribution in [0.3, 0.4) is 0 Å². The minimum absolute atomic E-state index is 0.0851. The van der Waals surface area contributed by atoms with Gasteiger partial charge in [-0.05, 0) is 35.4 Å². The van der Waals surface area contributed by atoms with Gasteiger partial charge in [-0.2, -0.15) is 0 Å². The van der Waals surface area contributed by atoms with E-state index in [1.54, 1.807) is 0 Å². The van der Waals surface area contributed by atoms with Crippen LogP contribution in [0.25, 0.3) is 60.3 Å². The van der Waals surface area contributed by atoms with Gasteiger partial charge in [0, 0.05) is 33.0 Å². The van der Waals surface area contributed by atoms with E-state index in [-0.39, 0.29) is 6.04 Å². The van der Waals surface area contributed by atoms with Crippen LogP contribution in [0.5, 0.6) is 0 Å². The molecule has 0 bridgehead atoms. The van der Waals surface area contributed by atoms with Crippen molar-refractivity contribution < 1.29 is 4.42 Å². The lowest BCUT2D eigenvalue weighted by atomic mass is 10.0. The summed E-state index contributed by atoms with van der Waals surface area (Å²) in [5.41, 5.74) is 8.63. The summed E-state index contributed by atoms with van der Waals surface area (Å²) in [5.74, 6) is 1.05. The number of anilines is 1. The van der Waals surface area contributed by atoms with Gasteiger partial charge in [0.2, 0.25) is 0 Å². The molecule has 4 nitrogen and oxygen atoms in total. The minimum Gasteiger partial charge on any atom is -0.456 e. The van der Waals surface area contributed by atoms with Gasteiger partial charge in [-0.15, -0.1) is 0 Å². The molecule has 1 unspecified atom stereocenters. The second kappa shape index (κ2) is 6.43. The van der Waals surface area contributed by atoms with Crippen molar-refractivity contribution >= 4 is 66.3 Å². The van der Waals surface area contributed by atoms with E-state index < -0.39 is 0 Å². The molecule has 2 aliphatic rings. The summed E-state index contributed by atoms with van der Waals surface area (Å²) < 4.78 is 8.73. The SMILES string of the molecule is C1=CC2=Nc3c(n4c5cc6oc7ccc(-c8ccccc8)cc7c6cc5c5cccc3c54)NC2C=C1. The maximum absolute atomic E-state index is 6.39. The molecule has 7 aromatic rings. The van der Waals surface area contributed by atoms with E-state index in [1.807, 2.05) is 0 Å². The highest BCUT2D eigenvalue weighted by Crippen LogP contribution is 2.47. The highest BCUT2D eigenvalue weighted by Gasteiger charge is 2.28. The van der Waals surface area contributed by atoms with Crippen molar-refractivity contribution in [3.63, 3.8) is 0 Å². The Balaban J connectivity index is 1.37. The van der Waals surface area contributed by atoms with Crippen LogP contribution in [-0.4, -0.2) is 16.2 Å². The van der Waals surface area contributed by atoms with Crippen molar-refractivity contribution in [2.24, 2.45) is 4.99 Å². The van der Waals surface area contributed by atoms with Crippen LogP contribution in [-0.2, 0) is 0 Å². The molecule has 0 spiro atoms. The van der Waals surface area contributed by atoms with Gasteiger partial charge >= 0.3 is 0 Å². The highest BCUT2D eigenvalue weighted by molar-refractivity contribution is 6.24. The van der Waals surface area contributed by atoms with Gasteiger partial charge in [-0.25, -0.2) is 4.99 Å². The number of hydrogen-bond donors (Lipinski definition) is 1. The lowest BCUT2D eigenvalue weighted by Crippen LogP contribution is -2.30. The zero-order valence-corrected chi connectivity index (χ0v) is 19.2. The zero-order valence-electron chi connectivity index (χ0n) is 19.2. The molecule has 4 heterocycles. The fourth-order valence-electron chi connectivity index (χ4n) is 6.08. The molecule has 0 saturated heterocycles. The third-order valence-corrected chi connectivity index (χ3v) is 7.72. The molecular weight excluding hydrogens is 442 g/mol. The van der Waals surface area contributed by atoms with Crippen molar-refractivity contribution in [3.8, 4) is 11.1 Å². The number of nitrogens with one attached hydrogen (secondary N) is 1. The van der Waals surface area contributed by atoms with E-state index in [0.29, 0.717) is 0 Å². The van der Waals surface area contributed by atoms with Crippen LogP contribution in [0.2, 0.25) is 0 Å². The normalized spacial score (nSPS) is 16.8. The number of hydrogen-bond acceptors (Lipinski definition) is 3. The van der Waals surface area contributed by atoms with Crippen LogP contribution in [0.4, 0.5) is 11.5 Å². The number of fused-ring (bicyclic) bond motifs is 10. The van der Waals surface area contributed by atoms with Gasteiger partial charge in [-0.3, -0.25) is 4.40 Å². The third kappa shape index (κ3) is 2.26. The van der Waals surface area contributed by atoms with E-state index in [0.717, 1.165) is 44.7 Å². The van der Waals surface area contributed by atoms with Gasteiger partial charge in [0.15, 0.2) is 0 Å². The molecule has 168 valence electrons. The summed E-state index contributed by atoms with van der Waals surface area (Å²) in [6.07, 6.45) is 8.38. The number of benzene rings is 4. The van der Waals surface area contributed by atoms with E-state index in [4.69, 9.17) is 9.41 Å². The number of para-hydroxylation sites is 1. The minimum atomic E-state index is 0.0851. The highest BCUT2D eigenvalue weighted by atomic mass is 16.3. The largest absolute Gasteiger partial charge is 0.456 e. The van der Waals surface area contributed by atoms with Crippen LogP contribution < -0.4 is 5.32 Å². The molecule has 0 amide bonds. The van der Waals surface area contributed by atoms with Crippen LogP contribution in [0.1, 0.15) is 0 Å². The van der Waals surface area contributed by atoms with Crippen molar-refractivity contribution in [2.75, 3.05) is 5.32 Å². The Morgan fingerprint density at radius 3 is 2.56 bits per heavy atom. The van der Waals surface area contributed by atoms with Gasteiger partial charge < -0.3 is 9.73 Å². The first-order valence-corrected chi connectivity index (χ1v) is 12.3. The first kappa shape index (κ1) is 18.5. The standard InChI is InChI=1S/C32H19N3O/c1-2-7-18(8-3-1)19-13-14-28-23(15-19)24-16-22-20-9-6-10-21-30-32(34-26-12-5-4-11-25(26)33-30)35(31(20)21)27(22)17-29(24)36-28/h1-17,26,34H. The smallest absolute Gasteiger partial charge is 0.138 e. The Hall–Kier alpha value is -4.83. The number of furan rings is 1. The van der Waals surface area contributed by atoms with Gasteiger partial charge in [0.25, 0.3) is 0 Å². The van der Waals surface area contributed by atoms with Crippen molar-refractivity contribution in [1.29, 1.82) is 0 Å². The predicted molar refractivity (Wildman–Crippen MR) is 149 cm³/mol. The lowest BCUT2D eigenvalue weighted by molar-refractivity contribution is 0.669. The Kier molecular flexibility index (Phi) is 3.30. The summed E-state index contributed by atoms with van der Waals surface area (Å²) in [5, 5.41) is 9.68. The Morgan fingerprint density at radius 1 is 0.722 bits per heavy atom. The fraction of sp³-hybridized carbons (Fsp3) is 0.0312. The second-order valence-corrected chi connectivity index (χ2v) is 9.68. The predicted octanol–water partition coefficient (Wildman–Crippen LogP) is 8.24. The van der Waals surface area contributed by atoms with Gasteiger partial charge in [0.1, 0.15) is 22.7 Å². The number of nitrogens with zero attached hydrogens (tertiary/aromatic N) is 2. The number of aliphatic imine (C=N–C) groups is 1. The number of aromatic nitrogens is 1. The molecule has 3 aromatic heterocycles. The molecular formula is C32H19N3O. The second-order valence-electron chi connectivity index (χ2n) is 9.68. The van der Waals surface area contributed by atoms with Gasteiger partial charge in [-0.1, -0.05) is 72.8 Å². The third-order valence-electron chi connectivity index (χ3n) is 7.72. The maximum Gasteiger partial charge on any atom is 0.138 e. The number of allylic oxidation sites excluding steroid dienone is 2. The quantitative estimate of drug-likeness (QED) is 0.267. The monoisotopic (exact) mass is 461 g/mol. The molecule has 1 aliphatic heterocycles. The summed E-state index contributed by atoms with van der Waals surface area (Å²) >= 11 is 0. The average molecular weight is 462 g/mol. The topological polar surface area (TPSA) is 41.9 Å². The summed E-state index contributed by atoms with van der Waals surface area (Å²) in [4.78, 5) is 5.07. The van der Waals surface area contributed by atoms with E-state index in [9.17, 15) is 0 Å². The molecule has 0 fully saturated rings. The average Bonchev–Trinajstić information content (AvgIpc) is 3.57. The summed E-state index contributed by atoms with van der Waals surface area (Å²) in [6, 6.07) is 28.1. The van der Waals surface area contributed by atoms with Crippen molar-refractivity contribution in [1.82, 2.24) is 4.40 Å². The fourth-order valence-corrected chi connectivity index (χ4v) is 6.08. The molecule has 1 N–H and O–H groups in total. The maximum atomic E-state index is 6.39. The van der Waals surface area contributed by atoms with Crippen molar-refractivity contribution in [3.05, 3.63) is 103 Å². The molecule has 9 rings (SSSR count). The Morgan fingerprint density at radius 2 is 1.61 bits per heavy atom. The zero-order chi connectivity index (χ0) is 23.4.